The van der Waals surface area contributed by atoms with Gasteiger partial charge >= 0.3 is 0 Å². The van der Waals surface area contributed by atoms with Crippen LogP contribution in [0.3, 0.4) is 0 Å². The van der Waals surface area contributed by atoms with Crippen molar-refractivity contribution in [3.05, 3.63) is 77.6 Å². The summed E-state index contributed by atoms with van der Waals surface area (Å²) in [6.45, 7) is -0.136. The van der Waals surface area contributed by atoms with E-state index in [1.807, 2.05) is 42.5 Å². The maximum absolute atomic E-state index is 13.7. The smallest absolute Gasteiger partial charge is 0.166 e. The van der Waals surface area contributed by atoms with Gasteiger partial charge in [-0.1, -0.05) is 18.2 Å². The molecule has 4 rings (SSSR count). The molecule has 0 saturated heterocycles. The van der Waals surface area contributed by atoms with Crippen molar-refractivity contribution in [3.8, 4) is 0 Å². The minimum atomic E-state index is -1.16. The minimum absolute atomic E-state index is 0.136. The van der Waals surface area contributed by atoms with Crippen molar-refractivity contribution in [2.24, 2.45) is 0 Å². The van der Waals surface area contributed by atoms with Gasteiger partial charge in [0.2, 0.25) is 0 Å². The average Bonchev–Trinajstić information content (AvgIpc) is 2.96. The Labute approximate surface area is 135 Å². The van der Waals surface area contributed by atoms with Gasteiger partial charge in [-0.05, 0) is 36.4 Å². The monoisotopic (exact) mass is 326 g/mol. The lowest BCUT2D eigenvalue weighted by Crippen LogP contribution is -2.06. The van der Waals surface area contributed by atoms with E-state index in [0.29, 0.717) is 5.69 Å². The van der Waals surface area contributed by atoms with Crippen LogP contribution in [0, 0.1) is 17.5 Å². The normalized spacial score (nSPS) is 11.3. The molecule has 0 radical (unpaired) electrons. The van der Waals surface area contributed by atoms with E-state index < -0.39 is 17.5 Å². The first-order valence-corrected chi connectivity index (χ1v) is 7.50. The van der Waals surface area contributed by atoms with Crippen molar-refractivity contribution in [1.29, 1.82) is 0 Å². The van der Waals surface area contributed by atoms with E-state index in [-0.39, 0.29) is 12.1 Å². The topological polar surface area (TPSA) is 27.8 Å². The van der Waals surface area contributed by atoms with Gasteiger partial charge in [-0.3, -0.25) is 0 Å². The molecule has 24 heavy (non-hydrogen) atoms. The fraction of sp³-hybridized carbons (Fsp3) is 0.0526. The molecule has 2 nitrogen and oxygen atoms in total. The van der Waals surface area contributed by atoms with Crippen LogP contribution in [0.2, 0.25) is 0 Å². The zero-order chi connectivity index (χ0) is 16.7. The molecule has 0 unspecified atom stereocenters. The number of aromatic amines is 1. The van der Waals surface area contributed by atoms with Gasteiger partial charge in [-0.15, -0.1) is 0 Å². The molecule has 2 N–H and O–H groups in total. The third kappa shape index (κ3) is 2.38. The highest BCUT2D eigenvalue weighted by molar-refractivity contribution is 6.08. The number of hydrogen-bond acceptors (Lipinski definition) is 1. The highest BCUT2D eigenvalue weighted by atomic mass is 19.2. The number of anilines is 1. The van der Waals surface area contributed by atoms with E-state index in [1.54, 1.807) is 0 Å². The highest BCUT2D eigenvalue weighted by Gasteiger charge is 2.13. The molecule has 0 amide bonds. The lowest BCUT2D eigenvalue weighted by molar-refractivity contribution is 0.482. The van der Waals surface area contributed by atoms with Gasteiger partial charge in [-0.25, -0.2) is 13.2 Å². The Morgan fingerprint density at radius 1 is 0.792 bits per heavy atom. The number of aromatic nitrogens is 1. The third-order valence-corrected chi connectivity index (χ3v) is 4.11. The molecule has 120 valence electrons. The standard InChI is InChI=1S/C19H13F3N2/c20-15-6-7-16(21)19(22)14(15)10-23-11-5-8-18-13(9-11)12-3-1-2-4-17(12)24-18/h1-9,23-24H,10H2. The summed E-state index contributed by atoms with van der Waals surface area (Å²) in [5.41, 5.74) is 2.39. The maximum Gasteiger partial charge on any atom is 0.166 e. The van der Waals surface area contributed by atoms with Crippen LogP contribution in [0.4, 0.5) is 18.9 Å². The number of para-hydroxylation sites is 1. The van der Waals surface area contributed by atoms with Crippen molar-refractivity contribution in [1.82, 2.24) is 4.98 Å². The van der Waals surface area contributed by atoms with Crippen LogP contribution in [0.5, 0.6) is 0 Å². The lowest BCUT2D eigenvalue weighted by atomic mass is 10.1. The van der Waals surface area contributed by atoms with Crippen LogP contribution < -0.4 is 5.32 Å². The number of H-pyrrole nitrogens is 1. The first kappa shape index (κ1) is 14.6. The van der Waals surface area contributed by atoms with Gasteiger partial charge in [0.15, 0.2) is 11.6 Å². The Bertz CT molecular complexity index is 1050. The minimum Gasteiger partial charge on any atom is -0.381 e. The van der Waals surface area contributed by atoms with Crippen LogP contribution >= 0.6 is 0 Å². The summed E-state index contributed by atoms with van der Waals surface area (Å²) in [4.78, 5) is 3.31. The summed E-state index contributed by atoms with van der Waals surface area (Å²) in [5.74, 6) is -2.98. The molecular formula is C19H13F3N2. The summed E-state index contributed by atoms with van der Waals surface area (Å²) in [7, 11) is 0. The van der Waals surface area contributed by atoms with Crippen LogP contribution in [0.25, 0.3) is 21.8 Å². The fourth-order valence-corrected chi connectivity index (χ4v) is 2.88. The number of nitrogens with one attached hydrogen (secondary N) is 2. The van der Waals surface area contributed by atoms with Crippen molar-refractivity contribution < 1.29 is 13.2 Å². The zero-order valence-corrected chi connectivity index (χ0v) is 12.5. The van der Waals surface area contributed by atoms with Crippen LogP contribution in [0.15, 0.2) is 54.6 Å². The molecule has 1 aromatic heterocycles. The van der Waals surface area contributed by atoms with Crippen LogP contribution in [-0.4, -0.2) is 4.98 Å². The molecule has 0 spiro atoms. The van der Waals surface area contributed by atoms with E-state index >= 15 is 0 Å². The molecule has 0 aliphatic rings. The Balaban J connectivity index is 1.68. The molecule has 1 heterocycles. The molecule has 4 aromatic rings. The maximum atomic E-state index is 13.7. The second-order valence-corrected chi connectivity index (χ2v) is 5.61. The Morgan fingerprint density at radius 3 is 2.42 bits per heavy atom. The molecule has 0 saturated carbocycles. The van der Waals surface area contributed by atoms with Crippen LogP contribution in [-0.2, 0) is 6.54 Å². The van der Waals surface area contributed by atoms with Crippen molar-refractivity contribution >= 4 is 27.5 Å². The predicted octanol–water partition coefficient (Wildman–Crippen LogP) is 5.35. The van der Waals surface area contributed by atoms with Gasteiger partial charge in [-0.2, -0.15) is 0 Å². The summed E-state index contributed by atoms with van der Waals surface area (Å²) in [6.07, 6.45) is 0. The molecule has 0 aliphatic carbocycles. The highest BCUT2D eigenvalue weighted by Crippen LogP contribution is 2.28. The number of halogens is 3. The SMILES string of the molecule is Fc1ccc(F)c(CNc2ccc3[nH]c4ccccc4c3c2)c1F. The van der Waals surface area contributed by atoms with E-state index in [9.17, 15) is 13.2 Å². The van der Waals surface area contributed by atoms with Crippen LogP contribution in [0.1, 0.15) is 5.56 Å². The molecule has 5 heteroatoms. The number of benzene rings is 3. The molecule has 3 aromatic carbocycles. The largest absolute Gasteiger partial charge is 0.381 e. The molecule has 0 bridgehead atoms. The van der Waals surface area contributed by atoms with Gasteiger partial charge in [0.05, 0.1) is 0 Å². The van der Waals surface area contributed by atoms with Gasteiger partial charge in [0.1, 0.15) is 5.82 Å². The second-order valence-electron chi connectivity index (χ2n) is 5.61. The van der Waals surface area contributed by atoms with E-state index in [0.717, 1.165) is 33.9 Å². The lowest BCUT2D eigenvalue weighted by Gasteiger charge is -2.09. The summed E-state index contributed by atoms with van der Waals surface area (Å²) in [6, 6.07) is 15.2. The summed E-state index contributed by atoms with van der Waals surface area (Å²) < 4.78 is 40.7. The summed E-state index contributed by atoms with van der Waals surface area (Å²) in [5, 5.41) is 5.03. The Kier molecular flexibility index (Phi) is 3.41. The van der Waals surface area contributed by atoms with E-state index in [2.05, 4.69) is 10.3 Å². The first-order valence-electron chi connectivity index (χ1n) is 7.50. The van der Waals surface area contributed by atoms with Gasteiger partial charge in [0, 0.05) is 39.6 Å². The average molecular weight is 326 g/mol. The zero-order valence-electron chi connectivity index (χ0n) is 12.5. The predicted molar refractivity (Wildman–Crippen MR) is 89.4 cm³/mol. The third-order valence-electron chi connectivity index (χ3n) is 4.11. The molecular weight excluding hydrogens is 313 g/mol. The molecule has 0 atom stereocenters. The van der Waals surface area contributed by atoms with Crippen molar-refractivity contribution in [3.63, 3.8) is 0 Å². The van der Waals surface area contributed by atoms with Gasteiger partial charge < -0.3 is 10.3 Å². The Morgan fingerprint density at radius 2 is 1.54 bits per heavy atom. The van der Waals surface area contributed by atoms with Crippen molar-refractivity contribution in [2.45, 2.75) is 6.54 Å². The Hall–Kier alpha value is -2.95. The first-order chi connectivity index (χ1) is 11.6. The molecule has 0 aliphatic heterocycles. The van der Waals surface area contributed by atoms with Crippen molar-refractivity contribution in [2.75, 3.05) is 5.32 Å². The molecule has 0 fully saturated rings. The van der Waals surface area contributed by atoms with Gasteiger partial charge in [0.25, 0.3) is 0 Å². The second kappa shape index (κ2) is 5.60. The number of rotatable bonds is 3. The quantitative estimate of drug-likeness (QED) is 0.488. The summed E-state index contributed by atoms with van der Waals surface area (Å²) >= 11 is 0. The fourth-order valence-electron chi connectivity index (χ4n) is 2.88. The van der Waals surface area contributed by atoms with E-state index in [1.165, 1.54) is 0 Å². The number of fused-ring (bicyclic) bond motifs is 3. The number of hydrogen-bond donors (Lipinski definition) is 2. The van der Waals surface area contributed by atoms with E-state index in [4.69, 9.17) is 0 Å².